The van der Waals surface area contributed by atoms with Crippen molar-refractivity contribution in [2.45, 2.75) is 42.8 Å². The number of hydrogen-bond donors (Lipinski definition) is 0. The molecule has 0 radical (unpaired) electrons. The minimum atomic E-state index is 0.106. The standard InChI is InChI=1S/C10H16Br2O/c1-8(6-7-13)4-5-9(11)10(2,3)12/h6-7,9H,4-5H2,1-3H3/b8-6+. The normalized spacial score (nSPS) is 15.6. The first-order chi connectivity index (χ1) is 5.88. The number of alkyl halides is 2. The monoisotopic (exact) mass is 310 g/mol. The van der Waals surface area contributed by atoms with Crippen LogP contribution < -0.4 is 0 Å². The second-order valence-corrected chi connectivity index (χ2v) is 6.87. The fourth-order valence-electron chi connectivity index (χ4n) is 0.897. The molecule has 0 saturated heterocycles. The van der Waals surface area contributed by atoms with E-state index in [1.807, 2.05) is 6.92 Å². The third-order valence-electron chi connectivity index (χ3n) is 1.89. The van der Waals surface area contributed by atoms with Gasteiger partial charge >= 0.3 is 0 Å². The zero-order chi connectivity index (χ0) is 10.5. The maximum atomic E-state index is 10.2. The van der Waals surface area contributed by atoms with Gasteiger partial charge in [0.1, 0.15) is 6.29 Å². The first-order valence-corrected chi connectivity index (χ1v) is 6.02. The van der Waals surface area contributed by atoms with Crippen LogP contribution in [0.2, 0.25) is 0 Å². The molecule has 1 unspecified atom stereocenters. The van der Waals surface area contributed by atoms with Crippen molar-refractivity contribution >= 4 is 38.1 Å². The Morgan fingerprint density at radius 3 is 2.46 bits per heavy atom. The third-order valence-corrected chi connectivity index (χ3v) is 4.66. The average molecular weight is 312 g/mol. The van der Waals surface area contributed by atoms with E-state index in [0.717, 1.165) is 24.7 Å². The van der Waals surface area contributed by atoms with E-state index < -0.39 is 0 Å². The molecule has 0 aromatic heterocycles. The van der Waals surface area contributed by atoms with Crippen LogP contribution in [0.25, 0.3) is 0 Å². The summed E-state index contributed by atoms with van der Waals surface area (Å²) in [7, 11) is 0. The summed E-state index contributed by atoms with van der Waals surface area (Å²) in [4.78, 5) is 10.6. The van der Waals surface area contributed by atoms with Crippen molar-refractivity contribution < 1.29 is 4.79 Å². The number of carbonyl (C=O) groups excluding carboxylic acids is 1. The Hall–Kier alpha value is 0.370. The van der Waals surface area contributed by atoms with E-state index in [-0.39, 0.29) is 4.32 Å². The fraction of sp³-hybridized carbons (Fsp3) is 0.700. The third kappa shape index (κ3) is 6.44. The van der Waals surface area contributed by atoms with Crippen molar-refractivity contribution in [3.8, 4) is 0 Å². The van der Waals surface area contributed by atoms with Crippen LogP contribution in [0.5, 0.6) is 0 Å². The Bertz CT molecular complexity index is 192. The van der Waals surface area contributed by atoms with Gasteiger partial charge < -0.3 is 0 Å². The number of carbonyl (C=O) groups is 1. The van der Waals surface area contributed by atoms with Gasteiger partial charge in [-0.05, 0) is 39.7 Å². The average Bonchev–Trinajstić information content (AvgIpc) is 1.99. The highest BCUT2D eigenvalue weighted by Gasteiger charge is 2.23. The molecular formula is C10H16Br2O. The van der Waals surface area contributed by atoms with Gasteiger partial charge in [-0.2, -0.15) is 0 Å². The van der Waals surface area contributed by atoms with Gasteiger partial charge in [-0.1, -0.05) is 37.4 Å². The van der Waals surface area contributed by atoms with E-state index in [0.29, 0.717) is 4.83 Å². The molecule has 0 spiro atoms. The lowest BCUT2D eigenvalue weighted by Gasteiger charge is -2.23. The molecule has 0 N–H and O–H groups in total. The van der Waals surface area contributed by atoms with Crippen molar-refractivity contribution in [1.29, 1.82) is 0 Å². The van der Waals surface area contributed by atoms with Crippen molar-refractivity contribution in [2.24, 2.45) is 0 Å². The Kier molecular flexibility index (Phi) is 6.14. The predicted molar refractivity (Wildman–Crippen MR) is 64.8 cm³/mol. The summed E-state index contributed by atoms with van der Waals surface area (Å²) in [6.07, 6.45) is 4.47. The molecule has 0 bridgehead atoms. The number of allylic oxidation sites excluding steroid dienone is 2. The zero-order valence-corrected chi connectivity index (χ0v) is 11.5. The Balaban J connectivity index is 3.90. The van der Waals surface area contributed by atoms with Crippen LogP contribution in [0.1, 0.15) is 33.6 Å². The van der Waals surface area contributed by atoms with Gasteiger partial charge in [0.25, 0.3) is 0 Å². The molecular weight excluding hydrogens is 296 g/mol. The van der Waals surface area contributed by atoms with Gasteiger partial charge in [-0.3, -0.25) is 4.79 Å². The Morgan fingerprint density at radius 1 is 1.54 bits per heavy atom. The van der Waals surface area contributed by atoms with Crippen LogP contribution in [0.4, 0.5) is 0 Å². The molecule has 0 aromatic rings. The summed E-state index contributed by atoms with van der Waals surface area (Å²) in [5, 5.41) is 0. The molecule has 0 amide bonds. The van der Waals surface area contributed by atoms with E-state index in [9.17, 15) is 4.79 Å². The van der Waals surface area contributed by atoms with Gasteiger partial charge in [0.2, 0.25) is 0 Å². The molecule has 1 nitrogen and oxygen atoms in total. The Morgan fingerprint density at radius 2 is 2.08 bits per heavy atom. The molecule has 1 atom stereocenters. The van der Waals surface area contributed by atoms with Crippen molar-refractivity contribution in [1.82, 2.24) is 0 Å². The number of aldehydes is 1. The maximum absolute atomic E-state index is 10.2. The van der Waals surface area contributed by atoms with Gasteiger partial charge in [0.05, 0.1) is 0 Å². The molecule has 0 aromatic carbocycles. The van der Waals surface area contributed by atoms with E-state index in [2.05, 4.69) is 45.7 Å². The van der Waals surface area contributed by atoms with E-state index >= 15 is 0 Å². The molecule has 0 heterocycles. The summed E-state index contributed by atoms with van der Waals surface area (Å²) in [6, 6.07) is 0. The summed E-state index contributed by atoms with van der Waals surface area (Å²) in [5.74, 6) is 0. The topological polar surface area (TPSA) is 17.1 Å². The molecule has 3 heteroatoms. The van der Waals surface area contributed by atoms with Crippen molar-refractivity contribution in [3.05, 3.63) is 11.6 Å². The van der Waals surface area contributed by atoms with Gasteiger partial charge in [-0.25, -0.2) is 0 Å². The second kappa shape index (κ2) is 5.97. The SMILES string of the molecule is C/C(=C\C=O)CCC(Br)C(C)(C)Br. The quantitative estimate of drug-likeness (QED) is 0.428. The van der Waals surface area contributed by atoms with Crippen molar-refractivity contribution in [2.75, 3.05) is 0 Å². The molecule has 0 aliphatic rings. The van der Waals surface area contributed by atoms with E-state index in [1.54, 1.807) is 6.08 Å². The fourth-order valence-corrected chi connectivity index (χ4v) is 1.35. The number of rotatable bonds is 5. The summed E-state index contributed by atoms with van der Waals surface area (Å²) in [5.41, 5.74) is 1.14. The maximum Gasteiger partial charge on any atom is 0.142 e. The summed E-state index contributed by atoms with van der Waals surface area (Å²) < 4.78 is 0.106. The van der Waals surface area contributed by atoms with Crippen LogP contribution in [0, 0.1) is 0 Å². The van der Waals surface area contributed by atoms with Gasteiger partial charge in [0.15, 0.2) is 0 Å². The van der Waals surface area contributed by atoms with Gasteiger partial charge in [-0.15, -0.1) is 0 Å². The van der Waals surface area contributed by atoms with Crippen molar-refractivity contribution in [3.63, 3.8) is 0 Å². The van der Waals surface area contributed by atoms with Crippen LogP contribution in [-0.2, 0) is 4.79 Å². The molecule has 0 fully saturated rings. The number of hydrogen-bond acceptors (Lipinski definition) is 1. The highest BCUT2D eigenvalue weighted by atomic mass is 79.9. The summed E-state index contributed by atoms with van der Waals surface area (Å²) in [6.45, 7) is 6.24. The largest absolute Gasteiger partial charge is 0.299 e. The Labute approximate surface area is 97.2 Å². The van der Waals surface area contributed by atoms with Crippen LogP contribution in [0.3, 0.4) is 0 Å². The predicted octanol–water partition coefficient (Wildman–Crippen LogP) is 3.85. The smallest absolute Gasteiger partial charge is 0.142 e. The lowest BCUT2D eigenvalue weighted by molar-refractivity contribution is -0.104. The zero-order valence-electron chi connectivity index (χ0n) is 8.31. The summed E-state index contributed by atoms with van der Waals surface area (Å²) >= 11 is 7.21. The lowest BCUT2D eigenvalue weighted by Crippen LogP contribution is -2.23. The van der Waals surface area contributed by atoms with E-state index in [1.165, 1.54) is 0 Å². The number of halogens is 2. The molecule has 13 heavy (non-hydrogen) atoms. The first-order valence-electron chi connectivity index (χ1n) is 4.32. The lowest BCUT2D eigenvalue weighted by atomic mass is 10.0. The second-order valence-electron chi connectivity index (χ2n) is 3.72. The van der Waals surface area contributed by atoms with Crippen LogP contribution in [-0.4, -0.2) is 15.4 Å². The molecule has 0 rings (SSSR count). The van der Waals surface area contributed by atoms with Gasteiger partial charge in [0, 0.05) is 9.15 Å². The molecule has 0 aliphatic heterocycles. The molecule has 76 valence electrons. The molecule has 0 saturated carbocycles. The van der Waals surface area contributed by atoms with Crippen LogP contribution >= 0.6 is 31.9 Å². The molecule has 0 aliphatic carbocycles. The first kappa shape index (κ1) is 13.4. The van der Waals surface area contributed by atoms with E-state index in [4.69, 9.17) is 0 Å². The highest BCUT2D eigenvalue weighted by Crippen LogP contribution is 2.30. The minimum Gasteiger partial charge on any atom is -0.299 e. The van der Waals surface area contributed by atoms with Crippen LogP contribution in [0.15, 0.2) is 11.6 Å². The highest BCUT2D eigenvalue weighted by molar-refractivity contribution is 9.12. The minimum absolute atomic E-state index is 0.106.